The summed E-state index contributed by atoms with van der Waals surface area (Å²) in [6.45, 7) is 1.71. The molecule has 3 fully saturated rings. The predicted molar refractivity (Wildman–Crippen MR) is 285 cm³/mol. The maximum Gasteiger partial charge on any atom is 0.187 e. The summed E-state index contributed by atoms with van der Waals surface area (Å²) in [5.41, 5.74) is 0. The molecule has 446 valence electrons. The van der Waals surface area contributed by atoms with Crippen LogP contribution >= 0.6 is 0 Å². The lowest BCUT2D eigenvalue weighted by Crippen LogP contribution is -2.63. The third-order valence-corrected chi connectivity index (χ3v) is 18.8. The van der Waals surface area contributed by atoms with E-state index in [4.69, 9.17) is 28.4 Å². The lowest BCUT2D eigenvalue weighted by atomic mass is 9.97. The van der Waals surface area contributed by atoms with Crippen LogP contribution in [0.25, 0.3) is 0 Å². The molecule has 0 aromatic carbocycles. The predicted octanol–water partition coefficient (Wildman–Crippen LogP) is 4.89. The molecular formula is C54H104O19S2. The molecule has 19 nitrogen and oxygen atoms in total. The third-order valence-electron chi connectivity index (χ3n) is 15.0. The number of hydrogen-bond donors (Lipinski definition) is 9. The van der Waals surface area contributed by atoms with Gasteiger partial charge in [-0.05, 0) is 12.8 Å². The molecule has 0 unspecified atom stereocenters. The average Bonchev–Trinajstić information content (AvgIpc) is 3.37. The van der Waals surface area contributed by atoms with Crippen molar-refractivity contribution >= 4 is 19.7 Å². The fraction of sp³-hybridized carbons (Fsp3) is 1.00. The van der Waals surface area contributed by atoms with Gasteiger partial charge in [-0.15, -0.1) is 0 Å². The molecule has 9 N–H and O–H groups in total. The van der Waals surface area contributed by atoms with Gasteiger partial charge < -0.3 is 74.4 Å². The molecule has 0 aromatic rings. The zero-order chi connectivity index (χ0) is 55.1. The Bertz CT molecular complexity index is 1580. The van der Waals surface area contributed by atoms with E-state index in [9.17, 15) is 62.8 Å². The molecule has 0 radical (unpaired) electrons. The maximum atomic E-state index is 13.6. The fourth-order valence-electron chi connectivity index (χ4n) is 10.5. The number of rotatable bonds is 44. The molecule has 21 heteroatoms. The molecule has 3 heterocycles. The highest BCUT2D eigenvalue weighted by Crippen LogP contribution is 2.33. The normalized spacial score (nSPS) is 29.9. The van der Waals surface area contributed by atoms with Crippen LogP contribution in [0.1, 0.15) is 200 Å². The second-order valence-electron chi connectivity index (χ2n) is 21.8. The summed E-state index contributed by atoms with van der Waals surface area (Å²) in [5, 5.41) is 94.6. The fourth-order valence-corrected chi connectivity index (χ4v) is 14.1. The number of unbranched alkanes of at least 4 members (excludes halogenated alkanes) is 26. The lowest BCUT2D eigenvalue weighted by molar-refractivity contribution is -0.363. The Hall–Kier alpha value is -0.700. The lowest BCUT2D eigenvalue weighted by Gasteiger charge is -2.46. The summed E-state index contributed by atoms with van der Waals surface area (Å²) in [5.74, 6) is -2.19. The van der Waals surface area contributed by atoms with E-state index in [1.807, 2.05) is 0 Å². The molecule has 3 aliphatic heterocycles. The van der Waals surface area contributed by atoms with Crippen LogP contribution in [0.4, 0.5) is 0 Å². The van der Waals surface area contributed by atoms with E-state index >= 15 is 0 Å². The van der Waals surface area contributed by atoms with Gasteiger partial charge in [-0.1, -0.05) is 181 Å². The van der Waals surface area contributed by atoms with Crippen molar-refractivity contribution in [2.75, 3.05) is 49.4 Å². The van der Waals surface area contributed by atoms with Gasteiger partial charge in [0.1, 0.15) is 61.0 Å². The van der Waals surface area contributed by atoms with Crippen molar-refractivity contribution < 1.29 is 91.2 Å². The van der Waals surface area contributed by atoms with Crippen molar-refractivity contribution in [2.45, 2.75) is 286 Å². The molecule has 0 aliphatic carbocycles. The van der Waals surface area contributed by atoms with Crippen LogP contribution in [-0.2, 0) is 48.1 Å². The number of aliphatic hydroxyl groups excluding tert-OH is 9. The average molecular weight is 1120 g/mol. The number of hydrogen-bond acceptors (Lipinski definition) is 19. The molecule has 0 aromatic heterocycles. The van der Waals surface area contributed by atoms with Crippen LogP contribution in [0.15, 0.2) is 0 Å². The molecule has 3 rings (SSSR count). The third kappa shape index (κ3) is 26.6. The Morgan fingerprint density at radius 1 is 0.427 bits per heavy atom. The number of sulfone groups is 2. The molecule has 0 saturated carbocycles. The standard InChI is InChI=1S/C54H104O19S2/c1-3-5-7-9-11-13-15-17-19-21-23-25-27-29-31-74(64,65)38-40(39-75(66,67)32-30-28-26-24-22-20-18-16-14-12-10-8-6-4-2)37-68-53-50(63)48(61)52(44(36-57)71-53)72-45-33-41(58)51(43(35-56)69-45)73-54-49(62)47(60)46(59)42(34-55)70-54/h40-63H,3-39H2,1-2H3/t41-,42-,43-,44-,45+,46+,47+,48-,49-,50-,51-,52-,53-,54-/m1/s1. The van der Waals surface area contributed by atoms with Gasteiger partial charge in [0.2, 0.25) is 0 Å². The first-order valence-corrected chi connectivity index (χ1v) is 32.9. The highest BCUT2D eigenvalue weighted by Gasteiger charge is 2.51. The summed E-state index contributed by atoms with van der Waals surface area (Å²) in [4.78, 5) is 0. The highest BCUT2D eigenvalue weighted by molar-refractivity contribution is 7.92. The zero-order valence-corrected chi connectivity index (χ0v) is 47.4. The van der Waals surface area contributed by atoms with Crippen molar-refractivity contribution in [3.8, 4) is 0 Å². The van der Waals surface area contributed by atoms with Gasteiger partial charge in [0.25, 0.3) is 0 Å². The molecule has 3 saturated heterocycles. The molecule has 3 aliphatic rings. The van der Waals surface area contributed by atoms with Crippen molar-refractivity contribution in [3.05, 3.63) is 0 Å². The number of ether oxygens (including phenoxy) is 6. The minimum Gasteiger partial charge on any atom is -0.394 e. The molecule has 0 bridgehead atoms. The van der Waals surface area contributed by atoms with Gasteiger partial charge in [0.05, 0.1) is 55.5 Å². The Balaban J connectivity index is 1.55. The Labute approximate surface area is 450 Å². The summed E-state index contributed by atoms with van der Waals surface area (Å²) < 4.78 is 88.8. The summed E-state index contributed by atoms with van der Waals surface area (Å²) in [7, 11) is -7.48. The smallest absolute Gasteiger partial charge is 0.187 e. The topological polar surface area (TPSA) is 306 Å². The van der Waals surface area contributed by atoms with Crippen molar-refractivity contribution in [2.24, 2.45) is 5.92 Å². The molecule has 0 amide bonds. The van der Waals surface area contributed by atoms with Crippen molar-refractivity contribution in [1.82, 2.24) is 0 Å². The first kappa shape index (κ1) is 68.6. The Kier molecular flexibility index (Phi) is 35.5. The van der Waals surface area contributed by atoms with E-state index in [-0.39, 0.29) is 17.9 Å². The second-order valence-corrected chi connectivity index (χ2v) is 26.3. The maximum absolute atomic E-state index is 13.6. The first-order valence-electron chi connectivity index (χ1n) is 29.2. The summed E-state index contributed by atoms with van der Waals surface area (Å²) >= 11 is 0. The molecular weight excluding hydrogens is 1020 g/mol. The van der Waals surface area contributed by atoms with Crippen LogP contribution in [0.5, 0.6) is 0 Å². The van der Waals surface area contributed by atoms with E-state index in [0.717, 1.165) is 51.4 Å². The number of aliphatic hydroxyl groups is 9. The molecule has 14 atom stereocenters. The molecule has 75 heavy (non-hydrogen) atoms. The Morgan fingerprint density at radius 3 is 1.21 bits per heavy atom. The zero-order valence-electron chi connectivity index (χ0n) is 45.7. The quantitative estimate of drug-likeness (QED) is 0.0367. The monoisotopic (exact) mass is 1120 g/mol. The van der Waals surface area contributed by atoms with Gasteiger partial charge in [-0.2, -0.15) is 0 Å². The summed E-state index contributed by atoms with van der Waals surface area (Å²) in [6.07, 6.45) is 8.93. The van der Waals surface area contributed by atoms with Gasteiger partial charge in [-0.3, -0.25) is 0 Å². The van der Waals surface area contributed by atoms with Crippen LogP contribution in [-0.4, -0.2) is 198 Å². The van der Waals surface area contributed by atoms with E-state index in [0.29, 0.717) is 12.8 Å². The van der Waals surface area contributed by atoms with Crippen LogP contribution in [0.2, 0.25) is 0 Å². The SMILES string of the molecule is CCCCCCCCCCCCCCCCS(=O)(=O)CC(CO[C@@H]1O[C@H](CO)[C@@H](O[C@H]2C[C@@H](O)[C@@H](O[C@H]3O[C@H](CO)[C@H](O)[C@H](O)[C@H]3O)[C@@H](CO)O2)[C@H](O)[C@H]1O)CS(=O)(=O)CCCCCCCCCCCCCCCC. The van der Waals surface area contributed by atoms with E-state index < -0.39 is 150 Å². The summed E-state index contributed by atoms with van der Waals surface area (Å²) in [6, 6.07) is 0. The van der Waals surface area contributed by atoms with E-state index in [1.54, 1.807) is 0 Å². The van der Waals surface area contributed by atoms with Crippen molar-refractivity contribution in [1.29, 1.82) is 0 Å². The minimum atomic E-state index is -3.74. The van der Waals surface area contributed by atoms with Gasteiger partial charge in [0.15, 0.2) is 38.5 Å². The van der Waals surface area contributed by atoms with E-state index in [2.05, 4.69) is 13.8 Å². The van der Waals surface area contributed by atoms with Gasteiger partial charge in [0, 0.05) is 12.3 Å². The Morgan fingerprint density at radius 2 is 0.800 bits per heavy atom. The van der Waals surface area contributed by atoms with Crippen LogP contribution in [0, 0.1) is 5.92 Å². The minimum absolute atomic E-state index is 0.108. The van der Waals surface area contributed by atoms with Crippen LogP contribution in [0.3, 0.4) is 0 Å². The first-order chi connectivity index (χ1) is 36.0. The van der Waals surface area contributed by atoms with Crippen molar-refractivity contribution in [3.63, 3.8) is 0 Å². The van der Waals surface area contributed by atoms with Crippen LogP contribution < -0.4 is 0 Å². The van der Waals surface area contributed by atoms with Gasteiger partial charge >= 0.3 is 0 Å². The van der Waals surface area contributed by atoms with Gasteiger partial charge in [-0.25, -0.2) is 16.8 Å². The largest absolute Gasteiger partial charge is 0.394 e. The molecule has 0 spiro atoms. The van der Waals surface area contributed by atoms with E-state index in [1.165, 1.54) is 116 Å². The highest BCUT2D eigenvalue weighted by atomic mass is 32.2. The second kappa shape index (κ2) is 38.9.